The molecule has 0 saturated heterocycles. The summed E-state index contributed by atoms with van der Waals surface area (Å²) in [4.78, 5) is 11.0. The molecular weight excluding hydrogens is 172 g/mol. The molecule has 3 nitrogen and oxygen atoms in total. The first-order valence-corrected chi connectivity index (χ1v) is 4.72. The molecule has 0 atom stereocenters. The number of rotatable bonds is 3. The zero-order valence-corrected chi connectivity index (χ0v) is 7.78. The second kappa shape index (κ2) is 4.23. The van der Waals surface area contributed by atoms with Crippen LogP contribution in [-0.4, -0.2) is 5.91 Å². The minimum atomic E-state index is 0.0344. The Morgan fingerprint density at radius 1 is 1.75 bits per heavy atom. The van der Waals surface area contributed by atoms with Crippen molar-refractivity contribution in [3.63, 3.8) is 0 Å². The normalized spacial score (nSPS) is 9.83. The van der Waals surface area contributed by atoms with Gasteiger partial charge in [-0.25, -0.2) is 0 Å². The molecule has 1 heterocycles. The predicted molar refractivity (Wildman–Crippen MR) is 51.1 cm³/mol. The first-order chi connectivity index (χ1) is 5.77. The van der Waals surface area contributed by atoms with Crippen LogP contribution >= 0.6 is 11.3 Å². The van der Waals surface area contributed by atoms with Gasteiger partial charge in [0.05, 0.1) is 5.00 Å². The van der Waals surface area contributed by atoms with Crippen molar-refractivity contribution in [3.05, 3.63) is 17.0 Å². The van der Waals surface area contributed by atoms with E-state index < -0.39 is 0 Å². The Kier molecular flexibility index (Phi) is 3.25. The summed E-state index contributed by atoms with van der Waals surface area (Å²) in [5.74, 6) is 0.0344. The third-order valence-corrected chi connectivity index (χ3v) is 2.41. The number of carbonyl (C=O) groups excluding carboxylic acids is 1. The molecule has 3 N–H and O–H groups in total. The number of amides is 1. The maximum absolute atomic E-state index is 11.0. The van der Waals surface area contributed by atoms with E-state index in [1.54, 1.807) is 0 Å². The summed E-state index contributed by atoms with van der Waals surface area (Å²) >= 11 is 1.51. The lowest BCUT2D eigenvalue weighted by Gasteiger charge is -2.01. The van der Waals surface area contributed by atoms with Crippen LogP contribution in [0.15, 0.2) is 11.4 Å². The lowest BCUT2D eigenvalue weighted by atomic mass is 10.3. The Morgan fingerprint density at radius 2 is 2.50 bits per heavy atom. The SMILES string of the molecule is CCC(=O)Nc1sccc1CN. The largest absolute Gasteiger partial charge is 0.326 e. The average Bonchev–Trinajstić information content (AvgIpc) is 2.51. The molecule has 0 aliphatic heterocycles. The molecule has 0 radical (unpaired) electrons. The van der Waals surface area contributed by atoms with Crippen molar-refractivity contribution >= 4 is 22.2 Å². The Labute approximate surface area is 75.6 Å². The molecule has 0 bridgehead atoms. The number of carbonyl (C=O) groups is 1. The Morgan fingerprint density at radius 3 is 3.08 bits per heavy atom. The van der Waals surface area contributed by atoms with Gasteiger partial charge in [0.25, 0.3) is 0 Å². The zero-order valence-electron chi connectivity index (χ0n) is 6.96. The highest BCUT2D eigenvalue weighted by Crippen LogP contribution is 2.22. The minimum Gasteiger partial charge on any atom is -0.326 e. The lowest BCUT2D eigenvalue weighted by Crippen LogP contribution is -2.10. The molecule has 4 heteroatoms. The summed E-state index contributed by atoms with van der Waals surface area (Å²) in [5, 5.41) is 5.59. The molecular formula is C8H12N2OS. The lowest BCUT2D eigenvalue weighted by molar-refractivity contribution is -0.115. The number of hydrogen-bond donors (Lipinski definition) is 2. The first kappa shape index (κ1) is 9.22. The molecule has 0 aromatic carbocycles. The van der Waals surface area contributed by atoms with E-state index >= 15 is 0 Å². The molecule has 0 saturated carbocycles. The molecule has 12 heavy (non-hydrogen) atoms. The molecule has 0 unspecified atom stereocenters. The van der Waals surface area contributed by atoms with E-state index in [-0.39, 0.29) is 5.91 Å². The highest BCUT2D eigenvalue weighted by atomic mass is 32.1. The van der Waals surface area contributed by atoms with Crippen LogP contribution in [-0.2, 0) is 11.3 Å². The molecule has 0 aliphatic rings. The number of nitrogens with one attached hydrogen (secondary N) is 1. The summed E-state index contributed by atoms with van der Waals surface area (Å²) in [6.07, 6.45) is 0.502. The predicted octanol–water partition coefficient (Wildman–Crippen LogP) is 1.56. The van der Waals surface area contributed by atoms with Gasteiger partial charge in [0.1, 0.15) is 0 Å². The second-order valence-electron chi connectivity index (χ2n) is 2.38. The monoisotopic (exact) mass is 184 g/mol. The maximum atomic E-state index is 11.0. The average molecular weight is 184 g/mol. The van der Waals surface area contributed by atoms with Gasteiger partial charge in [-0.3, -0.25) is 4.79 Å². The smallest absolute Gasteiger partial charge is 0.224 e. The van der Waals surface area contributed by atoms with Gasteiger partial charge in [0.2, 0.25) is 5.91 Å². The topological polar surface area (TPSA) is 55.1 Å². The summed E-state index contributed by atoms with van der Waals surface area (Å²) in [6.45, 7) is 2.30. The Balaban J connectivity index is 2.68. The van der Waals surface area contributed by atoms with Gasteiger partial charge >= 0.3 is 0 Å². The summed E-state index contributed by atoms with van der Waals surface area (Å²) in [6, 6.07) is 1.93. The molecule has 66 valence electrons. The van der Waals surface area contributed by atoms with Crippen molar-refractivity contribution < 1.29 is 4.79 Å². The van der Waals surface area contributed by atoms with Gasteiger partial charge in [-0.2, -0.15) is 0 Å². The van der Waals surface area contributed by atoms with E-state index in [1.165, 1.54) is 11.3 Å². The van der Waals surface area contributed by atoms with Crippen molar-refractivity contribution in [2.75, 3.05) is 5.32 Å². The first-order valence-electron chi connectivity index (χ1n) is 3.84. The summed E-state index contributed by atoms with van der Waals surface area (Å²) in [7, 11) is 0. The van der Waals surface area contributed by atoms with Crippen LogP contribution in [0.25, 0.3) is 0 Å². The van der Waals surface area contributed by atoms with Gasteiger partial charge in [0, 0.05) is 18.5 Å². The number of nitrogens with two attached hydrogens (primary N) is 1. The number of thiophene rings is 1. The van der Waals surface area contributed by atoms with Crippen molar-refractivity contribution in [1.29, 1.82) is 0 Å². The quantitative estimate of drug-likeness (QED) is 0.749. The third kappa shape index (κ3) is 2.06. The Hall–Kier alpha value is -0.870. The zero-order chi connectivity index (χ0) is 8.97. The molecule has 1 amide bonds. The van der Waals surface area contributed by atoms with Crippen molar-refractivity contribution in [1.82, 2.24) is 0 Å². The fourth-order valence-corrected chi connectivity index (χ4v) is 1.66. The second-order valence-corrected chi connectivity index (χ2v) is 3.30. The summed E-state index contributed by atoms with van der Waals surface area (Å²) < 4.78 is 0. The van der Waals surface area contributed by atoms with E-state index in [0.29, 0.717) is 13.0 Å². The van der Waals surface area contributed by atoms with Crippen LogP contribution in [0, 0.1) is 0 Å². The van der Waals surface area contributed by atoms with Gasteiger partial charge in [-0.15, -0.1) is 11.3 Å². The van der Waals surface area contributed by atoms with Gasteiger partial charge in [-0.05, 0) is 11.4 Å². The molecule has 1 aromatic heterocycles. The van der Waals surface area contributed by atoms with Crippen LogP contribution in [0.1, 0.15) is 18.9 Å². The van der Waals surface area contributed by atoms with Gasteiger partial charge in [0.15, 0.2) is 0 Å². The van der Waals surface area contributed by atoms with Crippen LogP contribution in [0.3, 0.4) is 0 Å². The van der Waals surface area contributed by atoms with E-state index in [0.717, 1.165) is 10.6 Å². The maximum Gasteiger partial charge on any atom is 0.224 e. The van der Waals surface area contributed by atoms with Crippen LogP contribution in [0.2, 0.25) is 0 Å². The molecule has 1 aromatic rings. The van der Waals surface area contributed by atoms with E-state index in [1.807, 2.05) is 18.4 Å². The highest BCUT2D eigenvalue weighted by molar-refractivity contribution is 7.14. The third-order valence-electron chi connectivity index (χ3n) is 1.54. The van der Waals surface area contributed by atoms with Crippen molar-refractivity contribution in [3.8, 4) is 0 Å². The number of hydrogen-bond acceptors (Lipinski definition) is 3. The molecule has 0 fully saturated rings. The van der Waals surface area contributed by atoms with Crippen molar-refractivity contribution in [2.45, 2.75) is 19.9 Å². The van der Waals surface area contributed by atoms with Crippen LogP contribution in [0.5, 0.6) is 0 Å². The van der Waals surface area contributed by atoms with Gasteiger partial charge < -0.3 is 11.1 Å². The standard InChI is InChI=1S/C8H12N2OS/c1-2-7(11)10-8-6(5-9)3-4-12-8/h3-4H,2,5,9H2,1H3,(H,10,11). The van der Waals surface area contributed by atoms with Gasteiger partial charge in [-0.1, -0.05) is 6.92 Å². The van der Waals surface area contributed by atoms with E-state index in [9.17, 15) is 4.79 Å². The van der Waals surface area contributed by atoms with Crippen molar-refractivity contribution in [2.24, 2.45) is 5.73 Å². The fourth-order valence-electron chi connectivity index (χ4n) is 0.821. The van der Waals surface area contributed by atoms with Crippen LogP contribution in [0.4, 0.5) is 5.00 Å². The van der Waals surface area contributed by atoms with Crippen LogP contribution < -0.4 is 11.1 Å². The fraction of sp³-hybridized carbons (Fsp3) is 0.375. The van der Waals surface area contributed by atoms with E-state index in [2.05, 4.69) is 5.32 Å². The number of anilines is 1. The Bertz CT molecular complexity index is 270. The summed E-state index contributed by atoms with van der Waals surface area (Å²) in [5.41, 5.74) is 6.47. The molecule has 0 aliphatic carbocycles. The minimum absolute atomic E-state index is 0.0344. The molecule has 1 rings (SSSR count). The van der Waals surface area contributed by atoms with E-state index in [4.69, 9.17) is 5.73 Å². The highest BCUT2D eigenvalue weighted by Gasteiger charge is 2.04. The molecule has 0 spiro atoms.